The molecule has 0 fully saturated rings. The second-order valence-corrected chi connectivity index (χ2v) is 8.05. The van der Waals surface area contributed by atoms with Crippen molar-refractivity contribution in [1.29, 1.82) is 0 Å². The van der Waals surface area contributed by atoms with Gasteiger partial charge in [0.15, 0.2) is 5.17 Å². The molecule has 6 nitrogen and oxygen atoms in total. The first kappa shape index (κ1) is 18.2. The number of carbonyl (C=O) groups excluding carboxylic acids is 1. The maximum absolute atomic E-state index is 12.3. The Labute approximate surface area is 162 Å². The zero-order valence-electron chi connectivity index (χ0n) is 13.3. The van der Waals surface area contributed by atoms with Gasteiger partial charge in [0.2, 0.25) is 0 Å². The third kappa shape index (κ3) is 4.13. The van der Waals surface area contributed by atoms with E-state index >= 15 is 0 Å². The first-order chi connectivity index (χ1) is 11.9. The van der Waals surface area contributed by atoms with Crippen LogP contribution < -0.4 is 11.1 Å². The van der Waals surface area contributed by atoms with E-state index in [9.17, 15) is 4.79 Å². The third-order valence-corrected chi connectivity index (χ3v) is 5.54. The van der Waals surface area contributed by atoms with E-state index in [4.69, 9.17) is 17.3 Å². The van der Waals surface area contributed by atoms with Gasteiger partial charge < -0.3 is 11.1 Å². The largest absolute Gasteiger partial charge is 0.379 e. The Bertz CT molecular complexity index is 845. The molecule has 9 heteroatoms. The molecule has 0 saturated carbocycles. The van der Waals surface area contributed by atoms with Crippen molar-refractivity contribution < 1.29 is 4.79 Å². The van der Waals surface area contributed by atoms with Crippen LogP contribution in [0.25, 0.3) is 0 Å². The standard InChI is InChI=1S/C16H15BrClN5OS/c1-16(4-5-25-15(19)23-16)10-6-9(2-3-11(10)17)22-14(24)12-7-21-13(18)8-20-12/h2-3,6-8H,4-5H2,1H3,(H2,19,23)(H,22,24). The number of anilines is 1. The van der Waals surface area contributed by atoms with Crippen LogP contribution in [0.15, 0.2) is 40.1 Å². The van der Waals surface area contributed by atoms with Crippen LogP contribution in [0.1, 0.15) is 29.4 Å². The molecule has 1 amide bonds. The summed E-state index contributed by atoms with van der Waals surface area (Å²) in [7, 11) is 0. The van der Waals surface area contributed by atoms with Crippen LogP contribution in [0.4, 0.5) is 5.69 Å². The molecule has 1 aliphatic rings. The summed E-state index contributed by atoms with van der Waals surface area (Å²) < 4.78 is 0.919. The molecule has 2 heterocycles. The molecule has 0 aliphatic carbocycles. The maximum Gasteiger partial charge on any atom is 0.275 e. The monoisotopic (exact) mass is 439 g/mol. The molecule has 1 aliphatic heterocycles. The van der Waals surface area contributed by atoms with Crippen LogP contribution in [0, 0.1) is 0 Å². The van der Waals surface area contributed by atoms with Crippen LogP contribution in [0.2, 0.25) is 5.15 Å². The van der Waals surface area contributed by atoms with E-state index in [2.05, 4.69) is 36.2 Å². The number of benzene rings is 1. The number of thioether (sulfide) groups is 1. The second kappa shape index (κ2) is 7.31. The van der Waals surface area contributed by atoms with Crippen LogP contribution in [-0.4, -0.2) is 26.8 Å². The number of amides is 1. The Morgan fingerprint density at radius 2 is 2.20 bits per heavy atom. The van der Waals surface area contributed by atoms with E-state index < -0.39 is 5.54 Å². The number of nitrogens with one attached hydrogen (secondary N) is 1. The van der Waals surface area contributed by atoms with Gasteiger partial charge in [-0.15, -0.1) is 0 Å². The van der Waals surface area contributed by atoms with E-state index in [1.54, 1.807) is 11.8 Å². The summed E-state index contributed by atoms with van der Waals surface area (Å²) in [6, 6.07) is 5.60. The van der Waals surface area contributed by atoms with E-state index in [0.717, 1.165) is 22.2 Å². The number of nitrogens with two attached hydrogens (primary N) is 1. The first-order valence-corrected chi connectivity index (χ1v) is 9.60. The number of nitrogens with zero attached hydrogens (tertiary/aromatic N) is 3. The Kier molecular flexibility index (Phi) is 5.31. The summed E-state index contributed by atoms with van der Waals surface area (Å²) in [5, 5.41) is 3.64. The average molecular weight is 441 g/mol. The molecule has 1 unspecified atom stereocenters. The van der Waals surface area contributed by atoms with E-state index in [1.807, 2.05) is 25.1 Å². The van der Waals surface area contributed by atoms with Crippen molar-refractivity contribution in [1.82, 2.24) is 9.97 Å². The predicted molar refractivity (Wildman–Crippen MR) is 105 cm³/mol. The Hall–Kier alpha value is -1.64. The second-order valence-electron chi connectivity index (χ2n) is 5.70. The fraction of sp³-hybridized carbons (Fsp3) is 0.250. The highest BCUT2D eigenvalue weighted by atomic mass is 79.9. The number of halogens is 2. The molecule has 3 N–H and O–H groups in total. The Balaban J connectivity index is 1.88. The number of amidine groups is 1. The van der Waals surface area contributed by atoms with Gasteiger partial charge in [-0.1, -0.05) is 39.3 Å². The summed E-state index contributed by atoms with van der Waals surface area (Å²) in [5.41, 5.74) is 7.28. The molecule has 1 aromatic heterocycles. The number of hydrogen-bond acceptors (Lipinski definition) is 6. The van der Waals surface area contributed by atoms with Gasteiger partial charge in [0.25, 0.3) is 5.91 Å². The molecular weight excluding hydrogens is 426 g/mol. The quantitative estimate of drug-likeness (QED) is 0.757. The molecular formula is C16H15BrClN5OS. The van der Waals surface area contributed by atoms with Gasteiger partial charge in [-0.2, -0.15) is 0 Å². The summed E-state index contributed by atoms with van der Waals surface area (Å²) in [6.45, 7) is 2.04. The SMILES string of the molecule is CC1(c2cc(NC(=O)c3cnc(Cl)cn3)ccc2Br)CCSC(N)=N1. The number of carbonyl (C=O) groups is 1. The number of hydrogen-bond donors (Lipinski definition) is 2. The topological polar surface area (TPSA) is 93.3 Å². The normalized spacial score (nSPS) is 20.0. The van der Waals surface area contributed by atoms with Crippen LogP contribution >= 0.6 is 39.3 Å². The van der Waals surface area contributed by atoms with Crippen molar-refractivity contribution in [3.05, 3.63) is 51.5 Å². The fourth-order valence-electron chi connectivity index (χ4n) is 2.52. The smallest absolute Gasteiger partial charge is 0.275 e. The summed E-state index contributed by atoms with van der Waals surface area (Å²) in [4.78, 5) is 24.8. The fourth-order valence-corrected chi connectivity index (χ4v) is 4.27. The lowest BCUT2D eigenvalue weighted by Gasteiger charge is -2.31. The predicted octanol–water partition coefficient (Wildman–Crippen LogP) is 3.81. The lowest BCUT2D eigenvalue weighted by Crippen LogP contribution is -2.29. The number of rotatable bonds is 3. The molecule has 25 heavy (non-hydrogen) atoms. The lowest BCUT2D eigenvalue weighted by molar-refractivity contribution is 0.102. The molecule has 3 rings (SSSR count). The molecule has 130 valence electrons. The van der Waals surface area contributed by atoms with Gasteiger partial charge >= 0.3 is 0 Å². The van der Waals surface area contributed by atoms with Crippen molar-refractivity contribution in [3.8, 4) is 0 Å². The molecule has 0 spiro atoms. The van der Waals surface area contributed by atoms with Crippen molar-refractivity contribution >= 4 is 56.1 Å². The molecule has 1 aromatic carbocycles. The summed E-state index contributed by atoms with van der Waals surface area (Å²) in [6.07, 6.45) is 3.53. The molecule has 2 aromatic rings. The molecule has 0 bridgehead atoms. The van der Waals surface area contributed by atoms with Gasteiger partial charge in [-0.3, -0.25) is 9.79 Å². The molecule has 0 saturated heterocycles. The van der Waals surface area contributed by atoms with Gasteiger partial charge in [0.05, 0.1) is 17.9 Å². The summed E-state index contributed by atoms with van der Waals surface area (Å²) >= 11 is 10.8. The minimum Gasteiger partial charge on any atom is -0.379 e. The van der Waals surface area contributed by atoms with Crippen molar-refractivity contribution in [2.75, 3.05) is 11.1 Å². The minimum atomic E-state index is -0.436. The lowest BCUT2D eigenvalue weighted by atomic mass is 9.89. The number of aromatic nitrogens is 2. The Morgan fingerprint density at radius 1 is 1.40 bits per heavy atom. The van der Waals surface area contributed by atoms with Gasteiger partial charge in [0, 0.05) is 15.9 Å². The van der Waals surface area contributed by atoms with Gasteiger partial charge in [-0.05, 0) is 37.1 Å². The van der Waals surface area contributed by atoms with Crippen LogP contribution in [0.5, 0.6) is 0 Å². The van der Waals surface area contributed by atoms with Crippen molar-refractivity contribution in [2.24, 2.45) is 10.7 Å². The van der Waals surface area contributed by atoms with Crippen LogP contribution in [-0.2, 0) is 5.54 Å². The summed E-state index contributed by atoms with van der Waals surface area (Å²) in [5.74, 6) is 0.541. The van der Waals surface area contributed by atoms with E-state index in [0.29, 0.717) is 10.9 Å². The highest BCUT2D eigenvalue weighted by Crippen LogP contribution is 2.39. The highest BCUT2D eigenvalue weighted by Gasteiger charge is 2.31. The third-order valence-electron chi connectivity index (χ3n) is 3.85. The van der Waals surface area contributed by atoms with Crippen LogP contribution in [0.3, 0.4) is 0 Å². The average Bonchev–Trinajstić information content (AvgIpc) is 2.57. The molecule has 1 atom stereocenters. The molecule has 0 radical (unpaired) electrons. The van der Waals surface area contributed by atoms with E-state index in [1.165, 1.54) is 12.4 Å². The van der Waals surface area contributed by atoms with Gasteiger partial charge in [-0.25, -0.2) is 9.97 Å². The zero-order chi connectivity index (χ0) is 18.0. The van der Waals surface area contributed by atoms with Crippen molar-refractivity contribution in [3.63, 3.8) is 0 Å². The number of aliphatic imine (C=N–C) groups is 1. The van der Waals surface area contributed by atoms with Gasteiger partial charge in [0.1, 0.15) is 10.8 Å². The maximum atomic E-state index is 12.3. The first-order valence-electron chi connectivity index (χ1n) is 7.44. The zero-order valence-corrected chi connectivity index (χ0v) is 16.5. The van der Waals surface area contributed by atoms with Crippen molar-refractivity contribution in [2.45, 2.75) is 18.9 Å². The van der Waals surface area contributed by atoms with E-state index in [-0.39, 0.29) is 16.8 Å². The Morgan fingerprint density at radius 3 is 2.88 bits per heavy atom. The minimum absolute atomic E-state index is 0.191. The highest BCUT2D eigenvalue weighted by molar-refractivity contribution is 9.10.